The van der Waals surface area contributed by atoms with Gasteiger partial charge in [-0.3, -0.25) is 19.3 Å². The summed E-state index contributed by atoms with van der Waals surface area (Å²) < 4.78 is 10.3. The number of amides is 3. The minimum atomic E-state index is -1.14. The number of nitrogens with one attached hydrogen (secondary N) is 1. The third-order valence-corrected chi connectivity index (χ3v) is 7.84. The van der Waals surface area contributed by atoms with Crippen LogP contribution in [0.3, 0.4) is 0 Å². The molecule has 1 N–H and O–H groups in total. The van der Waals surface area contributed by atoms with Crippen LogP contribution in [0.25, 0.3) is 0 Å². The van der Waals surface area contributed by atoms with E-state index < -0.39 is 30.5 Å². The number of fused-ring (bicyclic) bond motifs is 5. The van der Waals surface area contributed by atoms with Crippen molar-refractivity contribution in [3.05, 3.63) is 65.7 Å². The molecule has 2 aliphatic carbocycles. The number of hydrogen-bond acceptors (Lipinski definition) is 7. The lowest BCUT2D eigenvalue weighted by molar-refractivity contribution is -0.160. The lowest BCUT2D eigenvalue weighted by Crippen LogP contribution is -2.48. The first-order valence-corrected chi connectivity index (χ1v) is 13.0. The number of hydrogen-bond donors (Lipinski definition) is 1. The zero-order valence-corrected chi connectivity index (χ0v) is 21.1. The second-order valence-corrected chi connectivity index (χ2v) is 10.1. The van der Waals surface area contributed by atoms with E-state index in [4.69, 9.17) is 9.47 Å². The number of carbonyl (C=O) groups excluding carboxylic acids is 5. The van der Waals surface area contributed by atoms with Gasteiger partial charge in [0.1, 0.15) is 6.04 Å². The Labute approximate surface area is 220 Å². The maximum absolute atomic E-state index is 13.4. The fraction of sp³-hybridized carbons (Fsp3) is 0.414. The van der Waals surface area contributed by atoms with Gasteiger partial charge in [-0.1, -0.05) is 30.3 Å². The van der Waals surface area contributed by atoms with Gasteiger partial charge < -0.3 is 14.8 Å². The smallest absolute Gasteiger partial charge is 0.338 e. The summed E-state index contributed by atoms with van der Waals surface area (Å²) in [4.78, 5) is 65.5. The molecular weight excluding hydrogens is 488 g/mol. The maximum atomic E-state index is 13.4. The van der Waals surface area contributed by atoms with Crippen molar-refractivity contribution in [1.29, 1.82) is 0 Å². The van der Waals surface area contributed by atoms with Gasteiger partial charge >= 0.3 is 11.9 Å². The van der Waals surface area contributed by atoms with Gasteiger partial charge in [-0.2, -0.15) is 0 Å². The number of ether oxygens (including phenoxy) is 2. The van der Waals surface area contributed by atoms with Crippen LogP contribution < -0.4 is 5.32 Å². The van der Waals surface area contributed by atoms with Crippen molar-refractivity contribution >= 4 is 35.3 Å². The predicted octanol–water partition coefficient (Wildman–Crippen LogP) is 2.99. The van der Waals surface area contributed by atoms with E-state index >= 15 is 0 Å². The molecule has 38 heavy (non-hydrogen) atoms. The number of rotatable bonds is 9. The highest BCUT2D eigenvalue weighted by Crippen LogP contribution is 2.56. The summed E-state index contributed by atoms with van der Waals surface area (Å²) in [6.45, 7) is 1.38. The molecule has 1 heterocycles. The number of benzene rings is 2. The first kappa shape index (κ1) is 25.6. The Kier molecular flexibility index (Phi) is 7.26. The van der Waals surface area contributed by atoms with Gasteiger partial charge in [0, 0.05) is 12.1 Å². The van der Waals surface area contributed by atoms with Gasteiger partial charge in [-0.05, 0) is 67.9 Å². The summed E-state index contributed by atoms with van der Waals surface area (Å²) in [5.74, 6) is -2.76. The zero-order chi connectivity index (χ0) is 26.8. The zero-order valence-electron chi connectivity index (χ0n) is 21.1. The van der Waals surface area contributed by atoms with Crippen LogP contribution in [-0.4, -0.2) is 53.8 Å². The summed E-state index contributed by atoms with van der Waals surface area (Å²) in [6, 6.07) is 14.1. The molecule has 3 aliphatic rings. The number of likely N-dealkylation sites (tertiary alicyclic amines) is 1. The van der Waals surface area contributed by atoms with Crippen molar-refractivity contribution < 1.29 is 33.4 Å². The van der Waals surface area contributed by atoms with Gasteiger partial charge in [0.25, 0.3) is 5.91 Å². The number of nitrogens with zero attached hydrogens (tertiary/aromatic N) is 1. The molecule has 3 fully saturated rings. The van der Waals surface area contributed by atoms with Gasteiger partial charge in [0.15, 0.2) is 6.61 Å². The first-order chi connectivity index (χ1) is 18.4. The van der Waals surface area contributed by atoms with E-state index in [2.05, 4.69) is 5.32 Å². The molecule has 2 aromatic rings. The summed E-state index contributed by atoms with van der Waals surface area (Å²) in [7, 11) is 0. The van der Waals surface area contributed by atoms with Crippen LogP contribution >= 0.6 is 0 Å². The average molecular weight is 519 g/mol. The Bertz CT molecular complexity index is 1220. The molecule has 1 aliphatic heterocycles. The Morgan fingerprint density at radius 3 is 2.16 bits per heavy atom. The fourth-order valence-corrected chi connectivity index (χ4v) is 6.19. The molecular formula is C29H30N2O7. The van der Waals surface area contributed by atoms with Crippen LogP contribution in [0.2, 0.25) is 0 Å². The number of carbonyl (C=O) groups is 5. The highest BCUT2D eigenvalue weighted by Gasteiger charge is 2.62. The summed E-state index contributed by atoms with van der Waals surface area (Å²) in [5, 5.41) is 2.61. The Balaban J connectivity index is 1.25. The van der Waals surface area contributed by atoms with Gasteiger partial charge in [0.2, 0.25) is 11.8 Å². The second kappa shape index (κ2) is 10.8. The maximum Gasteiger partial charge on any atom is 0.338 e. The van der Waals surface area contributed by atoms with Crippen molar-refractivity contribution in [1.82, 2.24) is 4.90 Å². The monoisotopic (exact) mass is 518 g/mol. The van der Waals surface area contributed by atoms with E-state index in [1.54, 1.807) is 19.1 Å². The topological polar surface area (TPSA) is 119 Å². The van der Waals surface area contributed by atoms with Gasteiger partial charge in [-0.15, -0.1) is 0 Å². The van der Waals surface area contributed by atoms with Crippen LogP contribution in [0.5, 0.6) is 0 Å². The largest absolute Gasteiger partial charge is 0.462 e. The van der Waals surface area contributed by atoms with Crippen LogP contribution in [-0.2, 0) is 35.1 Å². The third kappa shape index (κ3) is 4.92. The van der Waals surface area contributed by atoms with Crippen molar-refractivity contribution in [3.8, 4) is 0 Å². The SMILES string of the molecule is CCOC(=O)c1ccc(NC(=O)COC(=O)[C@@H](Cc2ccccc2)N2C(=O)[C@@H]3[C@H]4CC[C@@H](C4)[C@@H]3C2=O)cc1. The molecule has 5 rings (SSSR count). The molecule has 2 bridgehead atoms. The van der Waals surface area contributed by atoms with Crippen molar-refractivity contribution in [2.75, 3.05) is 18.5 Å². The van der Waals surface area contributed by atoms with E-state index in [9.17, 15) is 24.0 Å². The van der Waals surface area contributed by atoms with E-state index in [0.29, 0.717) is 11.3 Å². The van der Waals surface area contributed by atoms with E-state index in [0.717, 1.165) is 29.7 Å². The Morgan fingerprint density at radius 1 is 0.921 bits per heavy atom. The third-order valence-electron chi connectivity index (χ3n) is 7.84. The number of imide groups is 1. The standard InChI is InChI=1S/C29H30N2O7/c1-2-37-28(35)18-10-12-21(13-11-18)30-23(32)16-38-29(36)22(14-17-6-4-3-5-7-17)31-26(33)24-19-8-9-20(15-19)25(24)27(31)34/h3-7,10-13,19-20,22,24-25H,2,8-9,14-16H2,1H3,(H,30,32)/t19-,20-,22+,24-,25+/m0/s1. The van der Waals surface area contributed by atoms with Crippen molar-refractivity contribution in [3.63, 3.8) is 0 Å². The number of esters is 2. The Hall–Kier alpha value is -4.01. The van der Waals surface area contributed by atoms with Gasteiger partial charge in [-0.25, -0.2) is 9.59 Å². The minimum absolute atomic E-state index is 0.114. The lowest BCUT2D eigenvalue weighted by Gasteiger charge is -2.26. The lowest BCUT2D eigenvalue weighted by atomic mass is 9.81. The van der Waals surface area contributed by atoms with E-state index in [-0.39, 0.29) is 48.5 Å². The summed E-state index contributed by atoms with van der Waals surface area (Å²) in [6.07, 6.45) is 2.89. The molecule has 2 saturated carbocycles. The molecule has 0 aromatic heterocycles. The molecule has 9 nitrogen and oxygen atoms in total. The fourth-order valence-electron chi connectivity index (χ4n) is 6.19. The molecule has 1 saturated heterocycles. The predicted molar refractivity (Wildman–Crippen MR) is 136 cm³/mol. The van der Waals surface area contributed by atoms with Crippen LogP contribution in [0.15, 0.2) is 54.6 Å². The normalized spacial score (nSPS) is 24.2. The van der Waals surface area contributed by atoms with Crippen molar-refractivity contribution in [2.24, 2.45) is 23.7 Å². The van der Waals surface area contributed by atoms with Crippen LogP contribution in [0.1, 0.15) is 42.1 Å². The van der Waals surface area contributed by atoms with E-state index in [1.165, 1.54) is 12.1 Å². The average Bonchev–Trinajstić information content (AvgIpc) is 3.61. The summed E-state index contributed by atoms with van der Waals surface area (Å²) in [5.41, 5.74) is 1.53. The quantitative estimate of drug-likeness (QED) is 0.400. The van der Waals surface area contributed by atoms with Crippen molar-refractivity contribution in [2.45, 2.75) is 38.6 Å². The molecule has 0 spiro atoms. The molecule has 2 aromatic carbocycles. The molecule has 5 atom stereocenters. The minimum Gasteiger partial charge on any atom is -0.462 e. The molecule has 0 unspecified atom stereocenters. The summed E-state index contributed by atoms with van der Waals surface area (Å²) >= 11 is 0. The molecule has 3 amide bonds. The van der Waals surface area contributed by atoms with Crippen LogP contribution in [0, 0.1) is 23.7 Å². The highest BCUT2D eigenvalue weighted by atomic mass is 16.5. The molecule has 0 radical (unpaired) electrons. The molecule has 198 valence electrons. The number of anilines is 1. The van der Waals surface area contributed by atoms with E-state index in [1.807, 2.05) is 30.3 Å². The Morgan fingerprint density at radius 2 is 1.55 bits per heavy atom. The second-order valence-electron chi connectivity index (χ2n) is 10.1. The molecule has 9 heteroatoms. The first-order valence-electron chi connectivity index (χ1n) is 13.0. The van der Waals surface area contributed by atoms with Gasteiger partial charge in [0.05, 0.1) is 24.0 Å². The van der Waals surface area contributed by atoms with Crippen LogP contribution in [0.4, 0.5) is 5.69 Å². The highest BCUT2D eigenvalue weighted by molar-refractivity contribution is 6.08.